The van der Waals surface area contributed by atoms with E-state index in [4.69, 9.17) is 0 Å². The average molecular weight is 270 g/mol. The van der Waals surface area contributed by atoms with E-state index in [-0.39, 0.29) is 35.5 Å². The van der Waals surface area contributed by atoms with Gasteiger partial charge < -0.3 is 0 Å². The van der Waals surface area contributed by atoms with Gasteiger partial charge in [-0.05, 0) is 6.92 Å². The van der Waals surface area contributed by atoms with Crippen LogP contribution in [0, 0.1) is 5.92 Å². The van der Waals surface area contributed by atoms with Crippen molar-refractivity contribution in [3.05, 3.63) is 0 Å². The minimum atomic E-state index is -0.380. The standard InChI is InChI=1S/C8H14O2.C7H12O2/c1-4-7(9)6(3)8(10)5-2;1-3-6(8)5-7(9)4-2/h6H,4-5H2,1-3H3;3-5H2,1-2H3. The van der Waals surface area contributed by atoms with Crippen molar-refractivity contribution in [3.63, 3.8) is 0 Å². The van der Waals surface area contributed by atoms with Crippen molar-refractivity contribution in [2.24, 2.45) is 5.92 Å². The molecule has 0 fully saturated rings. The van der Waals surface area contributed by atoms with Gasteiger partial charge in [-0.2, -0.15) is 0 Å². The number of hydrogen-bond acceptors (Lipinski definition) is 4. The van der Waals surface area contributed by atoms with Crippen LogP contribution in [0.3, 0.4) is 0 Å². The fourth-order valence-electron chi connectivity index (χ4n) is 1.26. The fourth-order valence-corrected chi connectivity index (χ4v) is 1.26. The summed E-state index contributed by atoms with van der Waals surface area (Å²) in [6.45, 7) is 8.78. The Morgan fingerprint density at radius 3 is 1.21 bits per heavy atom. The summed E-state index contributed by atoms with van der Waals surface area (Å²) in [7, 11) is 0. The second-order valence-electron chi connectivity index (χ2n) is 4.32. The predicted molar refractivity (Wildman–Crippen MR) is 75.0 cm³/mol. The van der Waals surface area contributed by atoms with Gasteiger partial charge in [0.1, 0.15) is 23.1 Å². The molecule has 0 aliphatic carbocycles. The van der Waals surface area contributed by atoms with Crippen molar-refractivity contribution in [2.75, 3.05) is 0 Å². The molecule has 0 aliphatic heterocycles. The maximum Gasteiger partial charge on any atom is 0.142 e. The van der Waals surface area contributed by atoms with Crippen molar-refractivity contribution in [1.29, 1.82) is 0 Å². The van der Waals surface area contributed by atoms with Crippen molar-refractivity contribution in [2.45, 2.75) is 66.7 Å². The van der Waals surface area contributed by atoms with E-state index in [2.05, 4.69) is 0 Å². The summed E-state index contributed by atoms with van der Waals surface area (Å²) in [4.78, 5) is 42.9. The summed E-state index contributed by atoms with van der Waals surface area (Å²) < 4.78 is 0. The van der Waals surface area contributed by atoms with Crippen LogP contribution in [0.15, 0.2) is 0 Å². The van der Waals surface area contributed by atoms with E-state index in [1.807, 2.05) is 0 Å². The highest BCUT2D eigenvalue weighted by Gasteiger charge is 2.16. The lowest BCUT2D eigenvalue weighted by Gasteiger charge is -2.04. The van der Waals surface area contributed by atoms with Gasteiger partial charge in [0.15, 0.2) is 0 Å². The first-order chi connectivity index (χ1) is 8.83. The third-order valence-electron chi connectivity index (χ3n) is 2.85. The molecule has 0 bridgehead atoms. The lowest BCUT2D eigenvalue weighted by atomic mass is 9.98. The Kier molecular flexibility index (Phi) is 12.4. The molecule has 110 valence electrons. The van der Waals surface area contributed by atoms with Crippen molar-refractivity contribution in [1.82, 2.24) is 0 Å². The molecule has 0 saturated carbocycles. The van der Waals surface area contributed by atoms with Crippen LogP contribution in [-0.4, -0.2) is 23.1 Å². The highest BCUT2D eigenvalue weighted by Crippen LogP contribution is 2.03. The molecule has 0 heterocycles. The Bertz CT molecular complexity index is 288. The van der Waals surface area contributed by atoms with Crippen LogP contribution in [0.2, 0.25) is 0 Å². The predicted octanol–water partition coefficient (Wildman–Crippen LogP) is 2.92. The molecule has 19 heavy (non-hydrogen) atoms. The van der Waals surface area contributed by atoms with Crippen molar-refractivity contribution < 1.29 is 19.2 Å². The van der Waals surface area contributed by atoms with E-state index in [1.54, 1.807) is 34.6 Å². The van der Waals surface area contributed by atoms with Gasteiger partial charge in [-0.25, -0.2) is 0 Å². The normalized spacial score (nSPS) is 9.58. The first-order valence-corrected chi connectivity index (χ1v) is 6.92. The molecule has 0 unspecified atom stereocenters. The first kappa shape index (κ1) is 20.0. The molecule has 0 atom stereocenters. The van der Waals surface area contributed by atoms with Gasteiger partial charge in [0, 0.05) is 25.7 Å². The smallest absolute Gasteiger partial charge is 0.142 e. The number of ketones is 4. The number of hydrogen-bond donors (Lipinski definition) is 0. The second-order valence-corrected chi connectivity index (χ2v) is 4.32. The zero-order valence-corrected chi connectivity index (χ0v) is 12.7. The number of carbonyl (C=O) groups is 4. The summed E-state index contributed by atoms with van der Waals surface area (Å²) in [5, 5.41) is 0. The fraction of sp³-hybridized carbons (Fsp3) is 0.733. The highest BCUT2D eigenvalue weighted by molar-refractivity contribution is 6.01. The van der Waals surface area contributed by atoms with Gasteiger partial charge in [-0.1, -0.05) is 27.7 Å². The topological polar surface area (TPSA) is 68.3 Å². The minimum Gasteiger partial charge on any atom is -0.299 e. The quantitative estimate of drug-likeness (QED) is 0.636. The summed E-state index contributed by atoms with van der Waals surface area (Å²) in [6, 6.07) is 0. The van der Waals surface area contributed by atoms with E-state index in [1.165, 1.54) is 0 Å². The van der Waals surface area contributed by atoms with Crippen LogP contribution in [-0.2, 0) is 19.2 Å². The maximum atomic E-state index is 10.9. The maximum absolute atomic E-state index is 10.9. The third-order valence-corrected chi connectivity index (χ3v) is 2.85. The van der Waals surface area contributed by atoms with Crippen molar-refractivity contribution in [3.8, 4) is 0 Å². The van der Waals surface area contributed by atoms with Crippen LogP contribution in [0.25, 0.3) is 0 Å². The van der Waals surface area contributed by atoms with Crippen LogP contribution < -0.4 is 0 Å². The lowest BCUT2D eigenvalue weighted by Crippen LogP contribution is -2.19. The Hall–Kier alpha value is -1.32. The molecule has 0 aliphatic rings. The summed E-state index contributed by atoms with van der Waals surface area (Å²) >= 11 is 0. The van der Waals surface area contributed by atoms with E-state index < -0.39 is 0 Å². The van der Waals surface area contributed by atoms with E-state index in [0.717, 1.165) is 0 Å². The van der Waals surface area contributed by atoms with Crippen LogP contribution in [0.4, 0.5) is 0 Å². The largest absolute Gasteiger partial charge is 0.299 e. The average Bonchev–Trinajstić information content (AvgIpc) is 2.44. The van der Waals surface area contributed by atoms with Crippen molar-refractivity contribution >= 4 is 23.1 Å². The van der Waals surface area contributed by atoms with Gasteiger partial charge >= 0.3 is 0 Å². The highest BCUT2D eigenvalue weighted by atomic mass is 16.2. The zero-order chi connectivity index (χ0) is 15.4. The third kappa shape index (κ3) is 10.3. The van der Waals surface area contributed by atoms with Gasteiger partial charge in [-0.3, -0.25) is 19.2 Å². The Balaban J connectivity index is 0. The molecule has 0 N–H and O–H groups in total. The molecule has 0 aromatic rings. The summed E-state index contributed by atoms with van der Waals surface area (Å²) in [6.07, 6.45) is 2.02. The molecule has 0 rings (SSSR count). The molecule has 0 amide bonds. The summed E-state index contributed by atoms with van der Waals surface area (Å²) in [5.74, 6) is -0.197. The molecule has 4 nitrogen and oxygen atoms in total. The van der Waals surface area contributed by atoms with Crippen LogP contribution in [0.5, 0.6) is 0 Å². The van der Waals surface area contributed by atoms with E-state index in [9.17, 15) is 19.2 Å². The Labute approximate surface area is 116 Å². The molecule has 0 aromatic carbocycles. The molecule has 0 saturated heterocycles. The Morgan fingerprint density at radius 2 is 1.00 bits per heavy atom. The minimum absolute atomic E-state index is 0.0434. The first-order valence-electron chi connectivity index (χ1n) is 6.92. The second kappa shape index (κ2) is 11.8. The zero-order valence-electron chi connectivity index (χ0n) is 12.7. The SMILES string of the molecule is CCC(=O)C(C)C(=O)CC.CCC(=O)CC(=O)CC. The number of rotatable bonds is 8. The molecule has 0 aromatic heterocycles. The van der Waals surface area contributed by atoms with E-state index in [0.29, 0.717) is 25.7 Å². The lowest BCUT2D eigenvalue weighted by molar-refractivity contribution is -0.132. The molecule has 0 spiro atoms. The molecule has 4 heteroatoms. The number of carbonyl (C=O) groups excluding carboxylic acids is 4. The Morgan fingerprint density at radius 1 is 0.684 bits per heavy atom. The number of Topliss-reactive ketones (excluding diaryl/α,β-unsaturated/α-hetero) is 4. The summed E-state index contributed by atoms with van der Waals surface area (Å²) in [5.41, 5.74) is 0. The van der Waals surface area contributed by atoms with Gasteiger partial charge in [0.2, 0.25) is 0 Å². The monoisotopic (exact) mass is 270 g/mol. The van der Waals surface area contributed by atoms with Crippen LogP contribution in [0.1, 0.15) is 66.7 Å². The molecule has 0 radical (unpaired) electrons. The van der Waals surface area contributed by atoms with Gasteiger partial charge in [0.05, 0.1) is 12.3 Å². The van der Waals surface area contributed by atoms with E-state index >= 15 is 0 Å². The van der Waals surface area contributed by atoms with Crippen LogP contribution >= 0.6 is 0 Å². The molecular weight excluding hydrogens is 244 g/mol. The molecular formula is C15H26O4. The van der Waals surface area contributed by atoms with Gasteiger partial charge in [-0.15, -0.1) is 0 Å². The van der Waals surface area contributed by atoms with Gasteiger partial charge in [0.25, 0.3) is 0 Å².